The van der Waals surface area contributed by atoms with E-state index in [0.717, 1.165) is 27.8 Å². The van der Waals surface area contributed by atoms with Gasteiger partial charge >= 0.3 is 0 Å². The predicted molar refractivity (Wildman–Crippen MR) is 97.7 cm³/mol. The summed E-state index contributed by atoms with van der Waals surface area (Å²) in [6.45, 7) is 4.68. The van der Waals surface area contributed by atoms with Crippen LogP contribution in [0.4, 0.5) is 0 Å². The standard InChI is InChI=1S/C18H17N5OS/c1-3-24-16-5-4-14(22-11-20-21-12-22)10-15(16)23-8-7-19-18(23)17-13(2)6-9-25-17/h4-12H,3H2,1-2H3. The van der Waals surface area contributed by atoms with Crippen molar-refractivity contribution >= 4 is 11.3 Å². The molecule has 3 heterocycles. The topological polar surface area (TPSA) is 57.8 Å². The SMILES string of the molecule is CCOc1ccc(-n2cnnc2)cc1-n1ccnc1-c1sccc1C. The van der Waals surface area contributed by atoms with Gasteiger partial charge in [-0.25, -0.2) is 4.98 Å². The fourth-order valence-electron chi connectivity index (χ4n) is 2.73. The van der Waals surface area contributed by atoms with Crippen molar-refractivity contribution in [3.8, 4) is 27.8 Å². The molecule has 0 saturated carbocycles. The Morgan fingerprint density at radius 2 is 2.00 bits per heavy atom. The first-order valence-corrected chi connectivity index (χ1v) is 8.86. The van der Waals surface area contributed by atoms with Crippen LogP contribution in [0.2, 0.25) is 0 Å². The van der Waals surface area contributed by atoms with Crippen LogP contribution in [0.5, 0.6) is 5.75 Å². The maximum atomic E-state index is 5.85. The first-order chi connectivity index (χ1) is 12.3. The van der Waals surface area contributed by atoms with Gasteiger partial charge in [-0.05, 0) is 49.1 Å². The van der Waals surface area contributed by atoms with Crippen LogP contribution in [-0.2, 0) is 0 Å². The highest BCUT2D eigenvalue weighted by Crippen LogP contribution is 2.33. The number of aryl methyl sites for hydroxylation is 1. The van der Waals surface area contributed by atoms with E-state index in [9.17, 15) is 0 Å². The lowest BCUT2D eigenvalue weighted by molar-refractivity contribution is 0.339. The Balaban J connectivity index is 1.88. The van der Waals surface area contributed by atoms with E-state index < -0.39 is 0 Å². The summed E-state index contributed by atoms with van der Waals surface area (Å²) in [7, 11) is 0. The number of thiophene rings is 1. The average Bonchev–Trinajstić information content (AvgIpc) is 3.36. The van der Waals surface area contributed by atoms with Gasteiger partial charge in [0.15, 0.2) is 5.82 Å². The first kappa shape index (κ1) is 15.6. The molecule has 4 rings (SSSR count). The zero-order valence-corrected chi connectivity index (χ0v) is 14.8. The van der Waals surface area contributed by atoms with E-state index in [4.69, 9.17) is 4.74 Å². The van der Waals surface area contributed by atoms with Crippen LogP contribution in [0.25, 0.3) is 22.1 Å². The van der Waals surface area contributed by atoms with Crippen LogP contribution in [0.3, 0.4) is 0 Å². The molecule has 7 heteroatoms. The molecule has 0 bridgehead atoms. The van der Waals surface area contributed by atoms with Gasteiger partial charge in [0.1, 0.15) is 18.4 Å². The molecular weight excluding hydrogens is 334 g/mol. The van der Waals surface area contributed by atoms with Crippen molar-refractivity contribution in [3.05, 3.63) is 60.3 Å². The molecule has 0 unspecified atom stereocenters. The van der Waals surface area contributed by atoms with Crippen molar-refractivity contribution < 1.29 is 4.74 Å². The predicted octanol–water partition coefficient (Wildman–Crippen LogP) is 3.89. The third kappa shape index (κ3) is 2.83. The summed E-state index contributed by atoms with van der Waals surface area (Å²) >= 11 is 1.69. The van der Waals surface area contributed by atoms with Gasteiger partial charge in [0.05, 0.1) is 22.9 Å². The molecule has 0 aliphatic heterocycles. The Hall–Kier alpha value is -2.93. The molecule has 0 aliphatic rings. The molecule has 6 nitrogen and oxygen atoms in total. The van der Waals surface area contributed by atoms with Crippen molar-refractivity contribution in [3.63, 3.8) is 0 Å². The zero-order valence-electron chi connectivity index (χ0n) is 14.0. The fourth-order valence-corrected chi connectivity index (χ4v) is 3.65. The summed E-state index contributed by atoms with van der Waals surface area (Å²) in [6, 6.07) is 8.13. The van der Waals surface area contributed by atoms with Crippen LogP contribution < -0.4 is 4.74 Å². The second-order valence-corrected chi connectivity index (χ2v) is 6.42. The van der Waals surface area contributed by atoms with Gasteiger partial charge in [0.2, 0.25) is 0 Å². The molecule has 0 amide bonds. The molecule has 0 radical (unpaired) electrons. The third-order valence-electron chi connectivity index (χ3n) is 3.92. The second-order valence-electron chi connectivity index (χ2n) is 5.51. The Labute approximate surface area is 149 Å². The summed E-state index contributed by atoms with van der Waals surface area (Å²) < 4.78 is 9.78. The van der Waals surface area contributed by atoms with Gasteiger partial charge in [0, 0.05) is 12.4 Å². The number of aromatic nitrogens is 5. The highest BCUT2D eigenvalue weighted by molar-refractivity contribution is 7.13. The number of hydrogen-bond donors (Lipinski definition) is 0. The molecule has 1 aromatic carbocycles. The summed E-state index contributed by atoms with van der Waals surface area (Å²) in [5.74, 6) is 1.72. The Kier molecular flexibility index (Phi) is 4.07. The summed E-state index contributed by atoms with van der Waals surface area (Å²) in [5, 5.41) is 9.85. The van der Waals surface area contributed by atoms with Crippen LogP contribution in [-0.4, -0.2) is 30.9 Å². The molecule has 0 atom stereocenters. The van der Waals surface area contributed by atoms with E-state index in [1.165, 1.54) is 5.56 Å². The highest BCUT2D eigenvalue weighted by atomic mass is 32.1. The van der Waals surface area contributed by atoms with Crippen molar-refractivity contribution in [2.45, 2.75) is 13.8 Å². The Morgan fingerprint density at radius 3 is 2.72 bits per heavy atom. The van der Waals surface area contributed by atoms with Gasteiger partial charge in [-0.1, -0.05) is 0 Å². The number of rotatable bonds is 5. The van der Waals surface area contributed by atoms with Crippen LogP contribution in [0.1, 0.15) is 12.5 Å². The van der Waals surface area contributed by atoms with E-state index in [-0.39, 0.29) is 0 Å². The highest BCUT2D eigenvalue weighted by Gasteiger charge is 2.15. The Bertz CT molecular complexity index is 987. The summed E-state index contributed by atoms with van der Waals surface area (Å²) in [6.07, 6.45) is 7.13. The lowest BCUT2D eigenvalue weighted by atomic mass is 10.2. The monoisotopic (exact) mass is 351 g/mol. The Morgan fingerprint density at radius 1 is 1.16 bits per heavy atom. The average molecular weight is 351 g/mol. The van der Waals surface area contributed by atoms with Crippen LogP contribution in [0.15, 0.2) is 54.7 Å². The molecule has 0 saturated heterocycles. The van der Waals surface area contributed by atoms with E-state index in [1.807, 2.05) is 36.0 Å². The van der Waals surface area contributed by atoms with Gasteiger partial charge in [-0.2, -0.15) is 0 Å². The molecule has 126 valence electrons. The van der Waals surface area contributed by atoms with E-state index in [2.05, 4.69) is 44.2 Å². The van der Waals surface area contributed by atoms with Gasteiger partial charge < -0.3 is 4.74 Å². The summed E-state index contributed by atoms with van der Waals surface area (Å²) in [5.41, 5.74) is 3.12. The number of hydrogen-bond acceptors (Lipinski definition) is 5. The lowest BCUT2D eigenvalue weighted by Crippen LogP contribution is -2.03. The van der Waals surface area contributed by atoms with Crippen LogP contribution >= 0.6 is 11.3 Å². The van der Waals surface area contributed by atoms with E-state index in [0.29, 0.717) is 6.61 Å². The molecule has 25 heavy (non-hydrogen) atoms. The number of nitrogens with zero attached hydrogens (tertiary/aromatic N) is 5. The minimum Gasteiger partial charge on any atom is -0.492 e. The third-order valence-corrected chi connectivity index (χ3v) is 4.94. The minimum atomic E-state index is 0.598. The number of imidazole rings is 1. The molecule has 3 aromatic heterocycles. The second kappa shape index (κ2) is 6.52. The molecule has 0 N–H and O–H groups in total. The minimum absolute atomic E-state index is 0.598. The molecular formula is C18H17N5OS. The molecule has 0 aliphatic carbocycles. The van der Waals surface area contributed by atoms with Crippen molar-refractivity contribution in [1.29, 1.82) is 0 Å². The zero-order chi connectivity index (χ0) is 17.2. The van der Waals surface area contributed by atoms with E-state index >= 15 is 0 Å². The maximum Gasteiger partial charge on any atom is 0.154 e. The van der Waals surface area contributed by atoms with Gasteiger partial charge in [-0.3, -0.25) is 9.13 Å². The summed E-state index contributed by atoms with van der Waals surface area (Å²) in [4.78, 5) is 5.73. The van der Waals surface area contributed by atoms with E-state index in [1.54, 1.807) is 24.0 Å². The number of benzene rings is 1. The number of ether oxygens (including phenoxy) is 1. The quantitative estimate of drug-likeness (QED) is 0.547. The van der Waals surface area contributed by atoms with Crippen molar-refractivity contribution in [1.82, 2.24) is 24.3 Å². The molecule has 0 spiro atoms. The maximum absolute atomic E-state index is 5.85. The van der Waals surface area contributed by atoms with Gasteiger partial charge in [0.25, 0.3) is 0 Å². The molecule has 0 fully saturated rings. The smallest absolute Gasteiger partial charge is 0.154 e. The normalized spacial score (nSPS) is 11.0. The molecule has 4 aromatic rings. The van der Waals surface area contributed by atoms with Crippen molar-refractivity contribution in [2.75, 3.05) is 6.61 Å². The fraction of sp³-hybridized carbons (Fsp3) is 0.167. The lowest BCUT2D eigenvalue weighted by Gasteiger charge is -2.15. The van der Waals surface area contributed by atoms with Crippen LogP contribution in [0, 0.1) is 6.92 Å². The van der Waals surface area contributed by atoms with Crippen molar-refractivity contribution in [2.24, 2.45) is 0 Å². The first-order valence-electron chi connectivity index (χ1n) is 7.98. The largest absolute Gasteiger partial charge is 0.492 e. The van der Waals surface area contributed by atoms with Gasteiger partial charge in [-0.15, -0.1) is 21.5 Å².